The van der Waals surface area contributed by atoms with E-state index < -0.39 is 5.60 Å². The largest absolute Gasteiger partial charge is 0.497 e. The third-order valence-corrected chi connectivity index (χ3v) is 3.34. The van der Waals surface area contributed by atoms with Crippen LogP contribution in [0.2, 0.25) is 0 Å². The van der Waals surface area contributed by atoms with Gasteiger partial charge in [-0.05, 0) is 37.4 Å². The van der Waals surface area contributed by atoms with Crippen LogP contribution in [0.25, 0.3) is 0 Å². The molecule has 106 valence electrons. The fraction of sp³-hybridized carbons (Fsp3) is 0.462. The molecule has 1 atom stereocenters. The second-order valence-corrected chi connectivity index (χ2v) is 5.33. The highest BCUT2D eigenvalue weighted by Crippen LogP contribution is 2.15. The lowest BCUT2D eigenvalue weighted by Crippen LogP contribution is -2.43. The number of hydrogen-bond donors (Lipinski definition) is 3. The minimum absolute atomic E-state index is 0.204. The van der Waals surface area contributed by atoms with Gasteiger partial charge in [-0.25, -0.2) is 4.79 Å². The van der Waals surface area contributed by atoms with Gasteiger partial charge in [0.1, 0.15) is 5.75 Å². The standard InChI is InChI=1S/C13H20N2O3S/c1-13(17,9-19-3)8-14-12(16)15-10-4-6-11(18-2)7-5-10/h4-7,17H,8-9H2,1-3H3,(H2,14,15,16). The quantitative estimate of drug-likeness (QED) is 0.746. The van der Waals surface area contributed by atoms with Crippen molar-refractivity contribution in [3.05, 3.63) is 24.3 Å². The summed E-state index contributed by atoms with van der Waals surface area (Å²) in [6, 6.07) is 6.68. The first-order chi connectivity index (χ1) is 8.96. The van der Waals surface area contributed by atoms with E-state index in [0.29, 0.717) is 11.4 Å². The molecule has 0 heterocycles. The van der Waals surface area contributed by atoms with Gasteiger partial charge in [0.15, 0.2) is 0 Å². The van der Waals surface area contributed by atoms with Crippen LogP contribution in [-0.4, -0.2) is 42.4 Å². The van der Waals surface area contributed by atoms with Crippen LogP contribution in [0.15, 0.2) is 24.3 Å². The number of anilines is 1. The van der Waals surface area contributed by atoms with E-state index in [0.717, 1.165) is 5.75 Å². The highest BCUT2D eigenvalue weighted by Gasteiger charge is 2.20. The van der Waals surface area contributed by atoms with Crippen LogP contribution in [0, 0.1) is 0 Å². The van der Waals surface area contributed by atoms with Gasteiger partial charge in [-0.2, -0.15) is 11.8 Å². The summed E-state index contributed by atoms with van der Waals surface area (Å²) in [4.78, 5) is 11.6. The molecule has 0 radical (unpaired) electrons. The third kappa shape index (κ3) is 5.85. The van der Waals surface area contributed by atoms with Gasteiger partial charge >= 0.3 is 6.03 Å². The number of benzene rings is 1. The number of thioether (sulfide) groups is 1. The summed E-state index contributed by atoms with van der Waals surface area (Å²) in [6.07, 6.45) is 1.91. The zero-order valence-electron chi connectivity index (χ0n) is 11.4. The Morgan fingerprint density at radius 3 is 2.58 bits per heavy atom. The predicted octanol–water partition coefficient (Wildman–Crippen LogP) is 1.93. The van der Waals surface area contributed by atoms with E-state index in [4.69, 9.17) is 4.74 Å². The molecule has 3 N–H and O–H groups in total. The van der Waals surface area contributed by atoms with Gasteiger partial charge in [0.2, 0.25) is 0 Å². The molecule has 1 aromatic carbocycles. The monoisotopic (exact) mass is 284 g/mol. The minimum atomic E-state index is -0.906. The molecule has 0 fully saturated rings. The van der Waals surface area contributed by atoms with Crippen LogP contribution in [0.4, 0.5) is 10.5 Å². The number of methoxy groups -OCH3 is 1. The fourth-order valence-electron chi connectivity index (χ4n) is 1.48. The second kappa shape index (κ2) is 7.25. The van der Waals surface area contributed by atoms with Gasteiger partial charge in [-0.15, -0.1) is 0 Å². The van der Waals surface area contributed by atoms with Crippen LogP contribution in [0.5, 0.6) is 5.75 Å². The van der Waals surface area contributed by atoms with Crippen LogP contribution in [0.1, 0.15) is 6.92 Å². The van der Waals surface area contributed by atoms with Crippen LogP contribution < -0.4 is 15.4 Å². The molecule has 1 rings (SSSR count). The predicted molar refractivity (Wildman–Crippen MR) is 79.0 cm³/mol. The molecule has 0 aliphatic rings. The lowest BCUT2D eigenvalue weighted by atomic mass is 10.1. The number of nitrogens with one attached hydrogen (secondary N) is 2. The SMILES string of the molecule is COc1ccc(NC(=O)NCC(C)(O)CSC)cc1. The number of ether oxygens (including phenoxy) is 1. The number of hydrogen-bond acceptors (Lipinski definition) is 4. The second-order valence-electron chi connectivity index (χ2n) is 4.47. The van der Waals surface area contributed by atoms with Crippen molar-refractivity contribution in [3.63, 3.8) is 0 Å². The van der Waals surface area contributed by atoms with Gasteiger partial charge in [0, 0.05) is 18.0 Å². The van der Waals surface area contributed by atoms with E-state index >= 15 is 0 Å². The van der Waals surface area contributed by atoms with E-state index in [2.05, 4.69) is 10.6 Å². The molecular weight excluding hydrogens is 264 g/mol. The fourth-order valence-corrected chi connectivity index (χ4v) is 2.21. The molecule has 1 unspecified atom stereocenters. The zero-order valence-corrected chi connectivity index (χ0v) is 12.2. The molecule has 2 amide bonds. The number of carbonyl (C=O) groups is 1. The van der Waals surface area contributed by atoms with E-state index in [9.17, 15) is 9.90 Å². The Kier molecular flexibility index (Phi) is 5.98. The molecule has 0 aromatic heterocycles. The van der Waals surface area contributed by atoms with Crippen molar-refractivity contribution >= 4 is 23.5 Å². The highest BCUT2D eigenvalue weighted by atomic mass is 32.2. The molecule has 0 aliphatic carbocycles. The Morgan fingerprint density at radius 1 is 1.42 bits per heavy atom. The normalized spacial score (nSPS) is 13.5. The van der Waals surface area contributed by atoms with Crippen molar-refractivity contribution < 1.29 is 14.6 Å². The van der Waals surface area contributed by atoms with Crippen molar-refractivity contribution in [3.8, 4) is 5.75 Å². The van der Waals surface area contributed by atoms with E-state index in [1.165, 1.54) is 11.8 Å². The smallest absolute Gasteiger partial charge is 0.319 e. The lowest BCUT2D eigenvalue weighted by Gasteiger charge is -2.22. The summed E-state index contributed by atoms with van der Waals surface area (Å²) in [5.74, 6) is 1.30. The number of rotatable bonds is 6. The molecular formula is C13H20N2O3S. The molecule has 0 aliphatic heterocycles. The van der Waals surface area contributed by atoms with Crippen LogP contribution in [0.3, 0.4) is 0 Å². The molecule has 0 saturated carbocycles. The summed E-state index contributed by atoms with van der Waals surface area (Å²) >= 11 is 1.53. The summed E-state index contributed by atoms with van der Waals surface area (Å²) < 4.78 is 5.03. The summed E-state index contributed by atoms with van der Waals surface area (Å²) in [5.41, 5.74) is -0.237. The van der Waals surface area contributed by atoms with Gasteiger partial charge in [-0.3, -0.25) is 0 Å². The average molecular weight is 284 g/mol. The number of aliphatic hydroxyl groups is 1. The Balaban J connectivity index is 2.42. The lowest BCUT2D eigenvalue weighted by molar-refractivity contribution is 0.0876. The Bertz CT molecular complexity index is 407. The zero-order chi connectivity index (χ0) is 14.3. The van der Waals surface area contributed by atoms with Crippen molar-refractivity contribution in [2.24, 2.45) is 0 Å². The summed E-state index contributed by atoms with van der Waals surface area (Å²) in [6.45, 7) is 1.90. The van der Waals surface area contributed by atoms with E-state index in [1.54, 1.807) is 38.3 Å². The molecule has 0 spiro atoms. The number of carbonyl (C=O) groups excluding carboxylic acids is 1. The molecule has 19 heavy (non-hydrogen) atoms. The molecule has 1 aromatic rings. The maximum Gasteiger partial charge on any atom is 0.319 e. The highest BCUT2D eigenvalue weighted by molar-refractivity contribution is 7.98. The first kappa shape index (κ1) is 15.7. The van der Waals surface area contributed by atoms with Crippen LogP contribution >= 0.6 is 11.8 Å². The molecule has 5 nitrogen and oxygen atoms in total. The average Bonchev–Trinajstić information content (AvgIpc) is 2.37. The molecule has 0 bridgehead atoms. The maximum absolute atomic E-state index is 11.6. The number of urea groups is 1. The molecule has 0 saturated heterocycles. The first-order valence-corrected chi connectivity index (χ1v) is 7.26. The van der Waals surface area contributed by atoms with Crippen molar-refractivity contribution in [1.82, 2.24) is 5.32 Å². The third-order valence-electron chi connectivity index (χ3n) is 2.43. The summed E-state index contributed by atoms with van der Waals surface area (Å²) in [5, 5.41) is 15.2. The maximum atomic E-state index is 11.6. The van der Waals surface area contributed by atoms with Gasteiger partial charge in [-0.1, -0.05) is 0 Å². The van der Waals surface area contributed by atoms with Crippen molar-refractivity contribution in [2.75, 3.05) is 31.0 Å². The topological polar surface area (TPSA) is 70.6 Å². The summed E-state index contributed by atoms with van der Waals surface area (Å²) in [7, 11) is 1.59. The van der Waals surface area contributed by atoms with E-state index in [-0.39, 0.29) is 12.6 Å². The van der Waals surface area contributed by atoms with Crippen LogP contribution in [-0.2, 0) is 0 Å². The van der Waals surface area contributed by atoms with Crippen molar-refractivity contribution in [1.29, 1.82) is 0 Å². The Labute approximate surface area is 117 Å². The van der Waals surface area contributed by atoms with E-state index in [1.807, 2.05) is 6.26 Å². The van der Waals surface area contributed by atoms with Gasteiger partial charge in [0.05, 0.1) is 12.7 Å². The molecule has 6 heteroatoms. The van der Waals surface area contributed by atoms with Crippen molar-refractivity contribution in [2.45, 2.75) is 12.5 Å². The van der Waals surface area contributed by atoms with Gasteiger partial charge < -0.3 is 20.5 Å². The minimum Gasteiger partial charge on any atom is -0.497 e. The Morgan fingerprint density at radius 2 is 2.05 bits per heavy atom. The number of amides is 2. The first-order valence-electron chi connectivity index (χ1n) is 5.87. The van der Waals surface area contributed by atoms with Gasteiger partial charge in [0.25, 0.3) is 0 Å². The Hall–Kier alpha value is -1.40.